The molecule has 116 valence electrons. The number of rotatable bonds is 4. The Morgan fingerprint density at radius 1 is 1.20 bits per heavy atom. The van der Waals surface area contributed by atoms with E-state index in [4.69, 9.17) is 5.73 Å². The first-order chi connectivity index (χ1) is 9.47. The highest BCUT2D eigenvalue weighted by Gasteiger charge is 2.33. The zero-order valence-electron chi connectivity index (χ0n) is 13.3. The molecule has 3 unspecified atom stereocenters. The second kappa shape index (κ2) is 6.93. The number of hydrogen-bond donors (Lipinski definition) is 2. The van der Waals surface area contributed by atoms with Crippen LogP contribution in [0.4, 0.5) is 0 Å². The largest absolute Gasteiger partial charge is 0.353 e. The lowest BCUT2D eigenvalue weighted by Crippen LogP contribution is -2.46. The molecule has 3 nitrogen and oxygen atoms in total. The van der Waals surface area contributed by atoms with Crippen molar-refractivity contribution in [3.63, 3.8) is 0 Å². The van der Waals surface area contributed by atoms with Gasteiger partial charge in [-0.15, -0.1) is 0 Å². The standard InChI is InChI=1S/C17H32N2O/c1-17(2)11-4-3-8-15(17)19-16(20)10-9-13-6-5-7-14(18)12-13/h13-15H,3-12,18H2,1-2H3,(H,19,20). The fraction of sp³-hybridized carbons (Fsp3) is 0.941. The molecule has 0 aliphatic heterocycles. The molecule has 2 aliphatic carbocycles. The van der Waals surface area contributed by atoms with E-state index in [9.17, 15) is 4.79 Å². The van der Waals surface area contributed by atoms with Crippen molar-refractivity contribution in [1.82, 2.24) is 5.32 Å². The monoisotopic (exact) mass is 280 g/mol. The van der Waals surface area contributed by atoms with Crippen LogP contribution in [0.1, 0.15) is 78.1 Å². The summed E-state index contributed by atoms with van der Waals surface area (Å²) in [6, 6.07) is 0.742. The first-order valence-electron chi connectivity index (χ1n) is 8.52. The number of hydrogen-bond acceptors (Lipinski definition) is 2. The smallest absolute Gasteiger partial charge is 0.220 e. The van der Waals surface area contributed by atoms with E-state index in [0.29, 0.717) is 24.4 Å². The molecule has 20 heavy (non-hydrogen) atoms. The van der Waals surface area contributed by atoms with Crippen molar-refractivity contribution in [2.75, 3.05) is 0 Å². The molecule has 0 radical (unpaired) electrons. The van der Waals surface area contributed by atoms with Gasteiger partial charge in [-0.05, 0) is 43.4 Å². The van der Waals surface area contributed by atoms with Gasteiger partial charge >= 0.3 is 0 Å². The molecule has 0 spiro atoms. The molecule has 3 N–H and O–H groups in total. The highest BCUT2D eigenvalue weighted by Crippen LogP contribution is 2.35. The van der Waals surface area contributed by atoms with E-state index < -0.39 is 0 Å². The SMILES string of the molecule is CC1(C)CCCCC1NC(=O)CCC1CCCC(N)C1. The van der Waals surface area contributed by atoms with Gasteiger partial charge in [0, 0.05) is 18.5 Å². The first kappa shape index (κ1) is 15.8. The van der Waals surface area contributed by atoms with E-state index in [1.54, 1.807) is 0 Å². The molecule has 0 aromatic rings. The van der Waals surface area contributed by atoms with Gasteiger partial charge in [-0.2, -0.15) is 0 Å². The summed E-state index contributed by atoms with van der Waals surface area (Å²) in [4.78, 5) is 12.2. The van der Waals surface area contributed by atoms with Gasteiger partial charge in [0.25, 0.3) is 0 Å². The van der Waals surface area contributed by atoms with Crippen LogP contribution in [-0.2, 0) is 4.79 Å². The molecule has 1 amide bonds. The van der Waals surface area contributed by atoms with Crippen molar-refractivity contribution in [2.24, 2.45) is 17.1 Å². The summed E-state index contributed by atoms with van der Waals surface area (Å²) in [7, 11) is 0. The predicted molar refractivity (Wildman–Crippen MR) is 83.3 cm³/mol. The third-order valence-corrected chi connectivity index (χ3v) is 5.45. The molecule has 0 aromatic carbocycles. The lowest BCUT2D eigenvalue weighted by molar-refractivity contribution is -0.123. The lowest BCUT2D eigenvalue weighted by Gasteiger charge is -2.39. The van der Waals surface area contributed by atoms with E-state index in [1.807, 2.05) is 0 Å². The molecular weight excluding hydrogens is 248 g/mol. The Morgan fingerprint density at radius 3 is 2.70 bits per heavy atom. The molecular formula is C17H32N2O. The van der Waals surface area contributed by atoms with E-state index in [0.717, 1.165) is 19.3 Å². The van der Waals surface area contributed by atoms with Gasteiger partial charge in [0.15, 0.2) is 0 Å². The van der Waals surface area contributed by atoms with Crippen molar-refractivity contribution in [2.45, 2.75) is 90.1 Å². The summed E-state index contributed by atoms with van der Waals surface area (Å²) < 4.78 is 0. The number of nitrogens with one attached hydrogen (secondary N) is 1. The zero-order valence-corrected chi connectivity index (χ0v) is 13.3. The summed E-state index contributed by atoms with van der Waals surface area (Å²) in [5.41, 5.74) is 6.28. The van der Waals surface area contributed by atoms with Crippen LogP contribution in [-0.4, -0.2) is 18.0 Å². The quantitative estimate of drug-likeness (QED) is 0.829. The highest BCUT2D eigenvalue weighted by atomic mass is 16.1. The Balaban J connectivity index is 1.72. The molecule has 2 rings (SSSR count). The van der Waals surface area contributed by atoms with Crippen LogP contribution in [0.5, 0.6) is 0 Å². The molecule has 0 heterocycles. The molecule has 2 aliphatic rings. The molecule has 3 atom stereocenters. The predicted octanol–water partition coefficient (Wildman–Crippen LogP) is 3.37. The molecule has 0 aromatic heterocycles. The summed E-state index contributed by atoms with van der Waals surface area (Å²) in [6.45, 7) is 4.58. The van der Waals surface area contributed by atoms with Gasteiger partial charge in [0.1, 0.15) is 0 Å². The molecule has 0 saturated heterocycles. The van der Waals surface area contributed by atoms with Gasteiger partial charge in [-0.25, -0.2) is 0 Å². The molecule has 0 bridgehead atoms. The van der Waals surface area contributed by atoms with Crippen molar-refractivity contribution in [1.29, 1.82) is 0 Å². The summed E-state index contributed by atoms with van der Waals surface area (Å²) in [5.74, 6) is 0.924. The maximum absolute atomic E-state index is 12.2. The Labute approximate surface area is 124 Å². The van der Waals surface area contributed by atoms with Crippen molar-refractivity contribution < 1.29 is 4.79 Å². The van der Waals surface area contributed by atoms with Crippen LogP contribution in [0, 0.1) is 11.3 Å². The van der Waals surface area contributed by atoms with Crippen LogP contribution in [0.3, 0.4) is 0 Å². The fourth-order valence-electron chi connectivity index (χ4n) is 3.96. The number of nitrogens with two attached hydrogens (primary N) is 1. The van der Waals surface area contributed by atoms with Gasteiger partial charge in [0.05, 0.1) is 0 Å². The summed E-state index contributed by atoms with van der Waals surface area (Å²) in [5, 5.41) is 3.29. The minimum Gasteiger partial charge on any atom is -0.353 e. The fourth-order valence-corrected chi connectivity index (χ4v) is 3.96. The van der Waals surface area contributed by atoms with Gasteiger partial charge < -0.3 is 11.1 Å². The Morgan fingerprint density at radius 2 is 2.00 bits per heavy atom. The van der Waals surface area contributed by atoms with Crippen molar-refractivity contribution in [3.8, 4) is 0 Å². The van der Waals surface area contributed by atoms with E-state index in [-0.39, 0.29) is 11.3 Å². The maximum atomic E-state index is 12.2. The summed E-state index contributed by atoms with van der Waals surface area (Å²) in [6.07, 6.45) is 11.4. The molecule has 2 saturated carbocycles. The average molecular weight is 280 g/mol. The maximum Gasteiger partial charge on any atom is 0.220 e. The summed E-state index contributed by atoms with van der Waals surface area (Å²) >= 11 is 0. The van der Waals surface area contributed by atoms with Crippen LogP contribution in [0.2, 0.25) is 0 Å². The van der Waals surface area contributed by atoms with Crippen LogP contribution in [0.25, 0.3) is 0 Å². The van der Waals surface area contributed by atoms with Crippen LogP contribution < -0.4 is 11.1 Å². The van der Waals surface area contributed by atoms with E-state index >= 15 is 0 Å². The third kappa shape index (κ3) is 4.47. The van der Waals surface area contributed by atoms with Crippen LogP contribution >= 0.6 is 0 Å². The topological polar surface area (TPSA) is 55.1 Å². The number of amides is 1. The van der Waals surface area contributed by atoms with Gasteiger partial charge in [-0.3, -0.25) is 4.79 Å². The number of carbonyl (C=O) groups is 1. The molecule has 2 fully saturated rings. The van der Waals surface area contributed by atoms with Gasteiger partial charge in [0.2, 0.25) is 5.91 Å². The Kier molecular flexibility index (Phi) is 5.48. The highest BCUT2D eigenvalue weighted by molar-refractivity contribution is 5.76. The van der Waals surface area contributed by atoms with Crippen molar-refractivity contribution >= 4 is 5.91 Å². The Bertz CT molecular complexity index is 327. The van der Waals surface area contributed by atoms with E-state index in [1.165, 1.54) is 38.5 Å². The third-order valence-electron chi connectivity index (χ3n) is 5.45. The van der Waals surface area contributed by atoms with Gasteiger partial charge in [-0.1, -0.05) is 39.5 Å². The average Bonchev–Trinajstić information content (AvgIpc) is 2.39. The second-order valence-electron chi connectivity index (χ2n) is 7.69. The first-order valence-corrected chi connectivity index (χ1v) is 8.52. The number of carbonyl (C=O) groups excluding carboxylic acids is 1. The minimum atomic E-state index is 0.254. The minimum absolute atomic E-state index is 0.254. The molecule has 3 heteroatoms. The Hall–Kier alpha value is -0.570. The second-order valence-corrected chi connectivity index (χ2v) is 7.69. The lowest BCUT2D eigenvalue weighted by atomic mass is 9.73. The zero-order chi connectivity index (χ0) is 14.6. The van der Waals surface area contributed by atoms with E-state index in [2.05, 4.69) is 19.2 Å². The van der Waals surface area contributed by atoms with Crippen LogP contribution in [0.15, 0.2) is 0 Å². The van der Waals surface area contributed by atoms with Crippen molar-refractivity contribution in [3.05, 3.63) is 0 Å². The normalized spacial score (nSPS) is 33.6.